The summed E-state index contributed by atoms with van der Waals surface area (Å²) in [6.45, 7) is 0. The number of H-pyrrole nitrogens is 1. The minimum absolute atomic E-state index is 0.226. The number of hydrogen-bond acceptors (Lipinski definition) is 2. The molecule has 3 atom stereocenters. The molecule has 0 aromatic carbocycles. The maximum Gasteiger partial charge on any atom is 0.168 e. The highest BCUT2D eigenvalue weighted by Crippen LogP contribution is 2.43. The largest absolute Gasteiger partial charge is 0.360 e. The molecule has 2 aliphatic carbocycles. The van der Waals surface area contributed by atoms with Crippen molar-refractivity contribution < 1.29 is 4.79 Å². The first-order chi connectivity index (χ1) is 10.3. The summed E-state index contributed by atoms with van der Waals surface area (Å²) < 4.78 is 0. The lowest BCUT2D eigenvalue weighted by Crippen LogP contribution is -2.31. The fourth-order valence-electron chi connectivity index (χ4n) is 4.50. The summed E-state index contributed by atoms with van der Waals surface area (Å²) in [6.07, 6.45) is 14.4. The van der Waals surface area contributed by atoms with Crippen molar-refractivity contribution in [3.8, 4) is 0 Å². The molecule has 3 nitrogen and oxygen atoms in total. The van der Waals surface area contributed by atoms with Crippen LogP contribution in [-0.2, 0) is 0 Å². The van der Waals surface area contributed by atoms with E-state index in [1.54, 1.807) is 6.20 Å². The summed E-state index contributed by atoms with van der Waals surface area (Å²) in [4.78, 5) is 20.3. The number of nitrogens with one attached hydrogen (secondary N) is 1. The van der Waals surface area contributed by atoms with Gasteiger partial charge in [0.1, 0.15) is 0 Å². The molecule has 2 aliphatic rings. The van der Waals surface area contributed by atoms with Gasteiger partial charge in [0.05, 0.1) is 0 Å². The second-order valence-electron chi connectivity index (χ2n) is 6.80. The van der Waals surface area contributed by atoms with Gasteiger partial charge in [0.15, 0.2) is 5.78 Å². The standard InChI is InChI=1S/C18H22N2O/c21-18(16-11-20-17-7-8-19-10-15(16)17)14-6-5-12-3-1-2-4-13(12)9-14/h7-8,10-14,20H,1-6,9H2. The molecule has 3 heteroatoms. The Morgan fingerprint density at radius 2 is 2.00 bits per heavy atom. The quantitative estimate of drug-likeness (QED) is 0.832. The Balaban J connectivity index is 1.57. The molecule has 0 saturated heterocycles. The van der Waals surface area contributed by atoms with Crippen LogP contribution in [0.15, 0.2) is 24.7 Å². The molecule has 3 unspecified atom stereocenters. The molecule has 2 aromatic heterocycles. The number of hydrogen-bond donors (Lipinski definition) is 1. The fourth-order valence-corrected chi connectivity index (χ4v) is 4.50. The van der Waals surface area contributed by atoms with Gasteiger partial charge in [0.2, 0.25) is 0 Å². The molecule has 110 valence electrons. The third-order valence-electron chi connectivity index (χ3n) is 5.66. The number of carbonyl (C=O) groups is 1. The summed E-state index contributed by atoms with van der Waals surface area (Å²) in [5.74, 6) is 2.25. The Hall–Kier alpha value is -1.64. The number of ketones is 1. The van der Waals surface area contributed by atoms with E-state index in [-0.39, 0.29) is 5.92 Å². The van der Waals surface area contributed by atoms with Crippen molar-refractivity contribution in [2.45, 2.75) is 44.9 Å². The average molecular weight is 282 g/mol. The number of Topliss-reactive ketones (excluding diaryl/α,β-unsaturated/α-hetero) is 1. The van der Waals surface area contributed by atoms with Crippen LogP contribution in [0.1, 0.15) is 55.3 Å². The van der Waals surface area contributed by atoms with Crippen LogP contribution in [0, 0.1) is 17.8 Å². The second-order valence-corrected chi connectivity index (χ2v) is 6.80. The van der Waals surface area contributed by atoms with Gasteiger partial charge in [-0.05, 0) is 37.2 Å². The Morgan fingerprint density at radius 3 is 2.90 bits per heavy atom. The molecule has 0 radical (unpaired) electrons. The Labute approximate surface area is 125 Å². The van der Waals surface area contributed by atoms with E-state index in [0.717, 1.165) is 41.1 Å². The van der Waals surface area contributed by atoms with Gasteiger partial charge in [-0.2, -0.15) is 0 Å². The van der Waals surface area contributed by atoms with Crippen molar-refractivity contribution in [3.05, 3.63) is 30.2 Å². The first-order valence-corrected chi connectivity index (χ1v) is 8.28. The van der Waals surface area contributed by atoms with E-state index in [9.17, 15) is 4.79 Å². The van der Waals surface area contributed by atoms with E-state index in [0.29, 0.717) is 5.78 Å². The van der Waals surface area contributed by atoms with Crippen LogP contribution >= 0.6 is 0 Å². The summed E-state index contributed by atoms with van der Waals surface area (Å²) >= 11 is 0. The molecule has 2 fully saturated rings. The molecular weight excluding hydrogens is 260 g/mol. The second kappa shape index (κ2) is 5.28. The minimum atomic E-state index is 0.226. The van der Waals surface area contributed by atoms with Crippen molar-refractivity contribution >= 4 is 16.7 Å². The molecule has 2 saturated carbocycles. The predicted octanol–water partition coefficient (Wildman–Crippen LogP) is 4.35. The normalized spacial score (nSPS) is 29.2. The predicted molar refractivity (Wildman–Crippen MR) is 83.2 cm³/mol. The third-order valence-corrected chi connectivity index (χ3v) is 5.66. The van der Waals surface area contributed by atoms with E-state index in [1.807, 2.05) is 18.5 Å². The van der Waals surface area contributed by atoms with Crippen molar-refractivity contribution in [3.63, 3.8) is 0 Å². The lowest BCUT2D eigenvalue weighted by Gasteiger charge is -2.38. The molecule has 0 aliphatic heterocycles. The zero-order chi connectivity index (χ0) is 14.2. The minimum Gasteiger partial charge on any atom is -0.360 e. The highest BCUT2D eigenvalue weighted by molar-refractivity contribution is 6.08. The van der Waals surface area contributed by atoms with Crippen molar-refractivity contribution in [1.29, 1.82) is 0 Å². The van der Waals surface area contributed by atoms with Crippen LogP contribution in [0.5, 0.6) is 0 Å². The Kier molecular flexibility index (Phi) is 3.28. The van der Waals surface area contributed by atoms with Crippen molar-refractivity contribution in [2.75, 3.05) is 0 Å². The maximum atomic E-state index is 12.9. The molecule has 0 spiro atoms. The third kappa shape index (κ3) is 2.29. The van der Waals surface area contributed by atoms with Gasteiger partial charge >= 0.3 is 0 Å². The van der Waals surface area contributed by atoms with Crippen LogP contribution in [0.4, 0.5) is 0 Å². The number of aromatic nitrogens is 2. The first kappa shape index (κ1) is 13.1. The molecule has 0 amide bonds. The van der Waals surface area contributed by atoms with Crippen LogP contribution < -0.4 is 0 Å². The van der Waals surface area contributed by atoms with Gasteiger partial charge in [-0.15, -0.1) is 0 Å². The van der Waals surface area contributed by atoms with Crippen LogP contribution in [0.3, 0.4) is 0 Å². The van der Waals surface area contributed by atoms with Crippen molar-refractivity contribution in [1.82, 2.24) is 9.97 Å². The van der Waals surface area contributed by atoms with Gasteiger partial charge in [-0.1, -0.05) is 25.7 Å². The number of nitrogens with zero attached hydrogens (tertiary/aromatic N) is 1. The van der Waals surface area contributed by atoms with E-state index < -0.39 is 0 Å². The zero-order valence-corrected chi connectivity index (χ0v) is 12.3. The number of carbonyl (C=O) groups excluding carboxylic acids is 1. The number of aromatic amines is 1. The monoisotopic (exact) mass is 282 g/mol. The number of fused-ring (bicyclic) bond motifs is 2. The van der Waals surface area contributed by atoms with Gasteiger partial charge in [-0.3, -0.25) is 9.78 Å². The lowest BCUT2D eigenvalue weighted by molar-refractivity contribution is 0.0765. The molecular formula is C18H22N2O. The number of pyridine rings is 1. The Morgan fingerprint density at radius 1 is 1.14 bits per heavy atom. The fraction of sp³-hybridized carbons (Fsp3) is 0.556. The summed E-state index contributed by atoms with van der Waals surface area (Å²) in [5.41, 5.74) is 1.86. The van der Waals surface area contributed by atoms with Crippen molar-refractivity contribution in [2.24, 2.45) is 17.8 Å². The molecule has 2 heterocycles. The first-order valence-electron chi connectivity index (χ1n) is 8.28. The SMILES string of the molecule is O=C(c1c[nH]c2ccncc12)C1CCC2CCCCC2C1. The summed E-state index contributed by atoms with van der Waals surface area (Å²) in [6, 6.07) is 1.93. The van der Waals surface area contributed by atoms with Crippen LogP contribution in [0.2, 0.25) is 0 Å². The molecule has 21 heavy (non-hydrogen) atoms. The smallest absolute Gasteiger partial charge is 0.168 e. The van der Waals surface area contributed by atoms with E-state index >= 15 is 0 Å². The Bertz CT molecular complexity index is 660. The zero-order valence-electron chi connectivity index (χ0n) is 12.3. The molecule has 2 aromatic rings. The number of rotatable bonds is 2. The average Bonchev–Trinajstić information content (AvgIpc) is 2.98. The van der Waals surface area contributed by atoms with Gasteiger partial charge in [0, 0.05) is 41.0 Å². The van der Waals surface area contributed by atoms with Gasteiger partial charge < -0.3 is 4.98 Å². The topological polar surface area (TPSA) is 45.8 Å². The summed E-state index contributed by atoms with van der Waals surface area (Å²) in [7, 11) is 0. The lowest BCUT2D eigenvalue weighted by atomic mass is 9.66. The van der Waals surface area contributed by atoms with Gasteiger partial charge in [-0.25, -0.2) is 0 Å². The van der Waals surface area contributed by atoms with E-state index in [2.05, 4.69) is 9.97 Å². The highest BCUT2D eigenvalue weighted by atomic mass is 16.1. The van der Waals surface area contributed by atoms with E-state index in [4.69, 9.17) is 0 Å². The maximum absolute atomic E-state index is 12.9. The van der Waals surface area contributed by atoms with E-state index in [1.165, 1.54) is 32.1 Å². The molecule has 0 bridgehead atoms. The van der Waals surface area contributed by atoms with Gasteiger partial charge in [0.25, 0.3) is 0 Å². The summed E-state index contributed by atoms with van der Waals surface area (Å²) in [5, 5.41) is 0.980. The molecule has 4 rings (SSSR count). The van der Waals surface area contributed by atoms with Crippen LogP contribution in [-0.4, -0.2) is 15.8 Å². The van der Waals surface area contributed by atoms with Crippen LogP contribution in [0.25, 0.3) is 10.9 Å². The highest BCUT2D eigenvalue weighted by Gasteiger charge is 2.35. The molecule has 1 N–H and O–H groups in total.